The maximum atomic E-state index is 12.5. The fourth-order valence-electron chi connectivity index (χ4n) is 3.01. The van der Waals surface area contributed by atoms with Crippen LogP contribution in [0.15, 0.2) is 28.7 Å². The third kappa shape index (κ3) is 3.83. The van der Waals surface area contributed by atoms with Crippen molar-refractivity contribution >= 4 is 21.8 Å². The fraction of sp³-hybridized carbons (Fsp3) is 0.562. The molecule has 0 spiro atoms. The molecule has 0 heterocycles. The predicted octanol–water partition coefficient (Wildman–Crippen LogP) is 3.39. The molecule has 1 aliphatic carbocycles. The van der Waals surface area contributed by atoms with Crippen LogP contribution in [0.2, 0.25) is 0 Å². The van der Waals surface area contributed by atoms with Crippen molar-refractivity contribution in [2.45, 2.75) is 38.6 Å². The minimum Gasteiger partial charge on any atom is -0.349 e. The van der Waals surface area contributed by atoms with Gasteiger partial charge in [-0.2, -0.15) is 0 Å². The number of hydrogen-bond donors (Lipinski definition) is 2. The van der Waals surface area contributed by atoms with Crippen LogP contribution in [0.1, 0.15) is 44.2 Å². The standard InChI is InChI=1S/C16H23BrN2O/c1-11(12-6-4-7-14(17)9-12)19-16(20)15-8-3-2-5-13(15)10-18/h4,6-7,9,11,13,15H,2-3,5,8,10,18H2,1H3,(H,19,20)/t11-,13?,15?/m1/s1. The Bertz CT molecular complexity index is 464. The summed E-state index contributed by atoms with van der Waals surface area (Å²) in [5, 5.41) is 3.14. The van der Waals surface area contributed by atoms with E-state index in [0.29, 0.717) is 12.5 Å². The van der Waals surface area contributed by atoms with Crippen LogP contribution in [0.25, 0.3) is 0 Å². The Balaban J connectivity index is 1.99. The third-order valence-electron chi connectivity index (χ3n) is 4.26. The Kier molecular flexibility index (Phi) is 5.61. The summed E-state index contributed by atoms with van der Waals surface area (Å²) in [6.07, 6.45) is 4.39. The molecule has 1 aromatic rings. The van der Waals surface area contributed by atoms with Gasteiger partial charge in [0.2, 0.25) is 5.91 Å². The molecule has 2 rings (SSSR count). The fourth-order valence-corrected chi connectivity index (χ4v) is 3.43. The SMILES string of the molecule is C[C@@H](NC(=O)C1CCCCC1CN)c1cccc(Br)c1. The van der Waals surface area contributed by atoms with E-state index in [-0.39, 0.29) is 17.9 Å². The zero-order chi connectivity index (χ0) is 14.5. The molecule has 1 aromatic carbocycles. The summed E-state index contributed by atoms with van der Waals surface area (Å²) >= 11 is 3.46. The van der Waals surface area contributed by atoms with E-state index in [0.717, 1.165) is 29.3 Å². The van der Waals surface area contributed by atoms with Crippen LogP contribution >= 0.6 is 15.9 Å². The van der Waals surface area contributed by atoms with Crippen molar-refractivity contribution in [1.29, 1.82) is 0 Å². The molecule has 3 atom stereocenters. The van der Waals surface area contributed by atoms with E-state index < -0.39 is 0 Å². The van der Waals surface area contributed by atoms with Crippen LogP contribution in [0.3, 0.4) is 0 Å². The number of nitrogens with two attached hydrogens (primary N) is 1. The van der Waals surface area contributed by atoms with Gasteiger partial charge in [0.15, 0.2) is 0 Å². The molecule has 3 N–H and O–H groups in total. The van der Waals surface area contributed by atoms with Gasteiger partial charge in [-0.15, -0.1) is 0 Å². The number of benzene rings is 1. The Hall–Kier alpha value is -0.870. The van der Waals surface area contributed by atoms with E-state index in [4.69, 9.17) is 5.73 Å². The van der Waals surface area contributed by atoms with Gasteiger partial charge in [-0.3, -0.25) is 4.79 Å². The van der Waals surface area contributed by atoms with Crippen LogP contribution in [-0.2, 0) is 4.79 Å². The average molecular weight is 339 g/mol. The molecule has 0 aliphatic heterocycles. The van der Waals surface area contributed by atoms with Gasteiger partial charge in [0.1, 0.15) is 0 Å². The van der Waals surface area contributed by atoms with Crippen LogP contribution < -0.4 is 11.1 Å². The van der Waals surface area contributed by atoms with Gasteiger partial charge in [-0.1, -0.05) is 40.9 Å². The lowest BCUT2D eigenvalue weighted by molar-refractivity contribution is -0.128. The molecule has 0 aromatic heterocycles. The van der Waals surface area contributed by atoms with E-state index in [1.54, 1.807) is 0 Å². The first-order valence-electron chi connectivity index (χ1n) is 7.37. The predicted molar refractivity (Wildman–Crippen MR) is 85.2 cm³/mol. The highest BCUT2D eigenvalue weighted by molar-refractivity contribution is 9.10. The van der Waals surface area contributed by atoms with E-state index in [1.807, 2.05) is 31.2 Å². The molecule has 20 heavy (non-hydrogen) atoms. The lowest BCUT2D eigenvalue weighted by Gasteiger charge is -2.30. The summed E-state index contributed by atoms with van der Waals surface area (Å²) < 4.78 is 1.04. The molecule has 2 unspecified atom stereocenters. The number of carbonyl (C=O) groups is 1. The summed E-state index contributed by atoms with van der Waals surface area (Å²) in [5.41, 5.74) is 6.93. The summed E-state index contributed by atoms with van der Waals surface area (Å²) in [5.74, 6) is 0.592. The van der Waals surface area contributed by atoms with Crippen LogP contribution in [0.5, 0.6) is 0 Å². The summed E-state index contributed by atoms with van der Waals surface area (Å²) in [6.45, 7) is 2.64. The second kappa shape index (κ2) is 7.23. The first-order valence-corrected chi connectivity index (χ1v) is 8.17. The van der Waals surface area contributed by atoms with Gasteiger partial charge in [0, 0.05) is 10.4 Å². The van der Waals surface area contributed by atoms with Gasteiger partial charge in [0.25, 0.3) is 0 Å². The van der Waals surface area contributed by atoms with E-state index in [1.165, 1.54) is 6.42 Å². The number of halogens is 1. The summed E-state index contributed by atoms with van der Waals surface area (Å²) in [4.78, 5) is 12.5. The highest BCUT2D eigenvalue weighted by Crippen LogP contribution is 2.30. The van der Waals surface area contributed by atoms with Crippen LogP contribution in [0, 0.1) is 11.8 Å². The molecule has 110 valence electrons. The first-order chi connectivity index (χ1) is 9.61. The Morgan fingerprint density at radius 2 is 2.20 bits per heavy atom. The van der Waals surface area contributed by atoms with Gasteiger partial charge >= 0.3 is 0 Å². The van der Waals surface area contributed by atoms with E-state index >= 15 is 0 Å². The van der Waals surface area contributed by atoms with Gasteiger partial charge in [-0.05, 0) is 49.9 Å². The molecule has 3 nitrogen and oxygen atoms in total. The molecule has 1 saturated carbocycles. The largest absolute Gasteiger partial charge is 0.349 e. The average Bonchev–Trinajstić information content (AvgIpc) is 2.47. The lowest BCUT2D eigenvalue weighted by atomic mass is 9.78. The number of nitrogens with one attached hydrogen (secondary N) is 1. The minimum absolute atomic E-state index is 0.0281. The second-order valence-corrected chi connectivity index (χ2v) is 6.59. The molecule has 1 fully saturated rings. The van der Waals surface area contributed by atoms with Gasteiger partial charge < -0.3 is 11.1 Å². The molecule has 1 aliphatic rings. The van der Waals surface area contributed by atoms with Crippen molar-refractivity contribution in [2.75, 3.05) is 6.54 Å². The summed E-state index contributed by atoms with van der Waals surface area (Å²) in [7, 11) is 0. The molecule has 0 radical (unpaired) electrons. The highest BCUT2D eigenvalue weighted by atomic mass is 79.9. The van der Waals surface area contributed by atoms with E-state index in [2.05, 4.69) is 21.2 Å². The van der Waals surface area contributed by atoms with Crippen molar-refractivity contribution < 1.29 is 4.79 Å². The molecule has 0 saturated heterocycles. The van der Waals surface area contributed by atoms with Gasteiger partial charge in [-0.25, -0.2) is 0 Å². The van der Waals surface area contributed by atoms with Crippen molar-refractivity contribution in [3.63, 3.8) is 0 Å². The Labute approximate surface area is 129 Å². The number of rotatable bonds is 4. The molecular formula is C16H23BrN2O. The first kappa shape index (κ1) is 15.5. The lowest BCUT2D eigenvalue weighted by Crippen LogP contribution is -2.40. The monoisotopic (exact) mass is 338 g/mol. The Morgan fingerprint density at radius 1 is 1.45 bits per heavy atom. The number of hydrogen-bond acceptors (Lipinski definition) is 2. The van der Waals surface area contributed by atoms with Crippen molar-refractivity contribution in [1.82, 2.24) is 5.32 Å². The molecule has 4 heteroatoms. The van der Waals surface area contributed by atoms with Crippen LogP contribution in [0.4, 0.5) is 0 Å². The van der Waals surface area contributed by atoms with E-state index in [9.17, 15) is 4.79 Å². The molecule has 1 amide bonds. The van der Waals surface area contributed by atoms with Crippen molar-refractivity contribution in [3.8, 4) is 0 Å². The molecular weight excluding hydrogens is 316 g/mol. The number of carbonyl (C=O) groups excluding carboxylic acids is 1. The second-order valence-electron chi connectivity index (χ2n) is 5.67. The van der Waals surface area contributed by atoms with Crippen molar-refractivity contribution in [3.05, 3.63) is 34.3 Å². The maximum Gasteiger partial charge on any atom is 0.223 e. The number of amides is 1. The quantitative estimate of drug-likeness (QED) is 0.883. The van der Waals surface area contributed by atoms with Crippen LogP contribution in [-0.4, -0.2) is 12.5 Å². The van der Waals surface area contributed by atoms with Gasteiger partial charge in [0.05, 0.1) is 6.04 Å². The normalized spacial score (nSPS) is 24.1. The third-order valence-corrected chi connectivity index (χ3v) is 4.75. The Morgan fingerprint density at radius 3 is 2.90 bits per heavy atom. The topological polar surface area (TPSA) is 55.1 Å². The highest BCUT2D eigenvalue weighted by Gasteiger charge is 2.30. The maximum absolute atomic E-state index is 12.5. The summed E-state index contributed by atoms with van der Waals surface area (Å²) in [6, 6.07) is 8.10. The van der Waals surface area contributed by atoms with Crippen molar-refractivity contribution in [2.24, 2.45) is 17.6 Å². The smallest absolute Gasteiger partial charge is 0.223 e. The minimum atomic E-state index is 0.0281. The zero-order valence-corrected chi connectivity index (χ0v) is 13.5. The molecule has 0 bridgehead atoms. The zero-order valence-electron chi connectivity index (χ0n) is 11.9.